The highest BCUT2D eigenvalue weighted by atomic mass is 16.7. The summed E-state index contributed by atoms with van der Waals surface area (Å²) in [4.78, 5) is 64.1. The van der Waals surface area contributed by atoms with Gasteiger partial charge in [0.05, 0.1) is 24.6 Å². The molecule has 0 unspecified atom stereocenters. The number of carbonyl (C=O) groups is 5. The highest BCUT2D eigenvalue weighted by Gasteiger charge is 2.48. The summed E-state index contributed by atoms with van der Waals surface area (Å²) < 4.78 is 15.5. The van der Waals surface area contributed by atoms with Gasteiger partial charge in [-0.3, -0.25) is 19.2 Å². The zero-order chi connectivity index (χ0) is 29.3. The first kappa shape index (κ1) is 31.5. The standard InChI is InChI=1S/C23H30N2O14/c1-10(26)36-9-11-4-5-15(38-23-19(32)17(30)18(31)20(39-23)22(34)35)12(7-11)21(33)25-13(8-16(28)29)14(27)3-2-6-37-24/h4-5,7,13,17-20,23,30-32H,2-3,6,8-9,24H2,1H3,(H,25,33)(H,28,29)(H,34,35)/t13-,17-,18-,19+,20-,23+/m0/s1. The third-order valence-corrected chi connectivity index (χ3v) is 5.54. The average molecular weight is 558 g/mol. The van der Waals surface area contributed by atoms with Gasteiger partial charge in [-0.15, -0.1) is 0 Å². The number of carboxylic acid groups (broad SMARTS) is 2. The van der Waals surface area contributed by atoms with Crippen molar-refractivity contribution < 1.29 is 68.6 Å². The van der Waals surface area contributed by atoms with Crippen LogP contribution in [0.2, 0.25) is 0 Å². The van der Waals surface area contributed by atoms with Gasteiger partial charge in [0.2, 0.25) is 6.29 Å². The molecule has 6 atom stereocenters. The number of benzene rings is 1. The zero-order valence-electron chi connectivity index (χ0n) is 20.7. The number of esters is 1. The van der Waals surface area contributed by atoms with Gasteiger partial charge in [0.15, 0.2) is 11.9 Å². The molecule has 1 heterocycles. The van der Waals surface area contributed by atoms with Gasteiger partial charge in [-0.25, -0.2) is 10.7 Å². The Morgan fingerprint density at radius 3 is 2.36 bits per heavy atom. The van der Waals surface area contributed by atoms with E-state index >= 15 is 0 Å². The minimum Gasteiger partial charge on any atom is -0.481 e. The lowest BCUT2D eigenvalue weighted by Gasteiger charge is -2.38. The quantitative estimate of drug-likeness (QED) is 0.0728. The Labute approximate surface area is 221 Å². The van der Waals surface area contributed by atoms with Crippen LogP contribution >= 0.6 is 0 Å². The molecule has 0 radical (unpaired) electrons. The van der Waals surface area contributed by atoms with Gasteiger partial charge in [0.1, 0.15) is 30.7 Å². The van der Waals surface area contributed by atoms with Crippen molar-refractivity contribution in [3.05, 3.63) is 29.3 Å². The zero-order valence-corrected chi connectivity index (χ0v) is 20.7. The molecule has 1 saturated heterocycles. The monoisotopic (exact) mass is 558 g/mol. The number of Topliss-reactive ketones (excluding diaryl/α,β-unsaturated/α-hetero) is 1. The Balaban J connectivity index is 2.38. The van der Waals surface area contributed by atoms with Gasteiger partial charge >= 0.3 is 17.9 Å². The van der Waals surface area contributed by atoms with Crippen molar-refractivity contribution in [2.75, 3.05) is 6.61 Å². The van der Waals surface area contributed by atoms with Crippen LogP contribution in [0, 0.1) is 0 Å². The average Bonchev–Trinajstić information content (AvgIpc) is 2.87. The van der Waals surface area contributed by atoms with Crippen molar-refractivity contribution >= 4 is 29.6 Å². The number of carboxylic acids is 2. The first-order valence-corrected chi connectivity index (χ1v) is 11.6. The molecule has 16 nitrogen and oxygen atoms in total. The number of aliphatic carboxylic acids is 2. The van der Waals surface area contributed by atoms with E-state index in [4.69, 9.17) is 20.1 Å². The minimum absolute atomic E-state index is 0.0112. The number of rotatable bonds is 14. The molecule has 1 aliphatic rings. The lowest BCUT2D eigenvalue weighted by Crippen LogP contribution is -2.61. The van der Waals surface area contributed by atoms with E-state index in [9.17, 15) is 49.5 Å². The molecule has 2 rings (SSSR count). The second kappa shape index (κ2) is 14.5. The summed E-state index contributed by atoms with van der Waals surface area (Å²) >= 11 is 0. The molecule has 8 N–H and O–H groups in total. The maximum Gasteiger partial charge on any atom is 0.335 e. The molecule has 0 saturated carbocycles. The van der Waals surface area contributed by atoms with Crippen LogP contribution in [-0.4, -0.2) is 98.5 Å². The van der Waals surface area contributed by atoms with Crippen molar-refractivity contribution in [3.63, 3.8) is 0 Å². The number of aliphatic hydroxyl groups is 3. The number of aliphatic hydroxyl groups excluding tert-OH is 3. The Kier molecular flexibility index (Phi) is 11.7. The molecule has 216 valence electrons. The topological polar surface area (TPSA) is 261 Å². The van der Waals surface area contributed by atoms with Crippen LogP contribution in [-0.2, 0) is 40.1 Å². The lowest BCUT2D eigenvalue weighted by molar-refractivity contribution is -0.271. The first-order chi connectivity index (χ1) is 18.3. The maximum atomic E-state index is 13.2. The third-order valence-electron chi connectivity index (χ3n) is 5.54. The van der Waals surface area contributed by atoms with Crippen LogP contribution < -0.4 is 16.0 Å². The third kappa shape index (κ3) is 8.95. The smallest absolute Gasteiger partial charge is 0.335 e. The SMILES string of the molecule is CC(=O)OCc1ccc(O[C@@H]2O[C@H](C(=O)O)[C@@H](O)[C@H](O)[C@H]2O)c(C(=O)N[C@@H](CC(=O)O)C(=O)CCCON)c1. The van der Waals surface area contributed by atoms with Crippen molar-refractivity contribution in [1.29, 1.82) is 0 Å². The molecule has 16 heteroatoms. The van der Waals surface area contributed by atoms with Crippen LogP contribution in [0.15, 0.2) is 18.2 Å². The number of amides is 1. The van der Waals surface area contributed by atoms with Gasteiger partial charge in [0, 0.05) is 13.3 Å². The Bertz CT molecular complexity index is 1060. The van der Waals surface area contributed by atoms with Gasteiger partial charge < -0.3 is 49.9 Å². The van der Waals surface area contributed by atoms with E-state index in [1.54, 1.807) is 0 Å². The summed E-state index contributed by atoms with van der Waals surface area (Å²) in [6, 6.07) is 2.26. The van der Waals surface area contributed by atoms with Crippen LogP contribution in [0.1, 0.15) is 42.1 Å². The van der Waals surface area contributed by atoms with E-state index in [1.165, 1.54) is 18.2 Å². The van der Waals surface area contributed by atoms with E-state index in [0.717, 1.165) is 6.92 Å². The van der Waals surface area contributed by atoms with E-state index in [-0.39, 0.29) is 42.9 Å². The highest BCUT2D eigenvalue weighted by molar-refractivity contribution is 6.01. The number of ketones is 1. The molecule has 1 aromatic rings. The predicted molar refractivity (Wildman–Crippen MR) is 125 cm³/mol. The molecular weight excluding hydrogens is 528 g/mol. The Morgan fingerprint density at radius 2 is 1.77 bits per heavy atom. The minimum atomic E-state index is -1.99. The number of hydrogen-bond donors (Lipinski definition) is 7. The summed E-state index contributed by atoms with van der Waals surface area (Å²) in [6.45, 7) is 0.890. The van der Waals surface area contributed by atoms with Gasteiger partial charge in [-0.2, -0.15) is 0 Å². The van der Waals surface area contributed by atoms with E-state index in [1.807, 2.05) is 0 Å². The summed E-state index contributed by atoms with van der Waals surface area (Å²) in [7, 11) is 0. The largest absolute Gasteiger partial charge is 0.481 e. The number of carbonyl (C=O) groups excluding carboxylic acids is 3. The first-order valence-electron chi connectivity index (χ1n) is 11.6. The van der Waals surface area contributed by atoms with Crippen molar-refractivity contribution in [2.45, 2.75) is 69.5 Å². The summed E-state index contributed by atoms with van der Waals surface area (Å²) in [5.41, 5.74) is -0.0655. The summed E-state index contributed by atoms with van der Waals surface area (Å²) in [6.07, 6.45) is -10.5. The summed E-state index contributed by atoms with van der Waals surface area (Å²) in [5.74, 6) is -0.724. The molecular formula is C23H30N2O14. The number of nitrogens with two attached hydrogens (primary N) is 1. The normalized spacial score (nSPS) is 23.4. The second-order valence-corrected chi connectivity index (χ2v) is 8.53. The van der Waals surface area contributed by atoms with Crippen LogP contribution in [0.4, 0.5) is 0 Å². The van der Waals surface area contributed by atoms with E-state index < -0.39 is 72.8 Å². The molecule has 1 aliphatic heterocycles. The molecule has 0 aliphatic carbocycles. The molecule has 0 aromatic heterocycles. The molecule has 39 heavy (non-hydrogen) atoms. The second-order valence-electron chi connectivity index (χ2n) is 8.53. The lowest BCUT2D eigenvalue weighted by atomic mass is 9.99. The molecule has 0 bridgehead atoms. The molecule has 1 fully saturated rings. The fourth-order valence-corrected chi connectivity index (χ4v) is 3.57. The molecule has 0 spiro atoms. The van der Waals surface area contributed by atoms with Crippen LogP contribution in [0.3, 0.4) is 0 Å². The van der Waals surface area contributed by atoms with E-state index in [0.29, 0.717) is 0 Å². The number of ether oxygens (including phenoxy) is 3. The van der Waals surface area contributed by atoms with Gasteiger partial charge in [0.25, 0.3) is 5.91 Å². The van der Waals surface area contributed by atoms with Crippen molar-refractivity contribution in [2.24, 2.45) is 5.90 Å². The Morgan fingerprint density at radius 1 is 1.08 bits per heavy atom. The number of nitrogens with one attached hydrogen (secondary N) is 1. The van der Waals surface area contributed by atoms with Gasteiger partial charge in [-0.1, -0.05) is 6.07 Å². The molecule has 1 amide bonds. The van der Waals surface area contributed by atoms with Crippen molar-refractivity contribution in [3.8, 4) is 5.75 Å². The van der Waals surface area contributed by atoms with Gasteiger partial charge in [-0.05, 0) is 24.1 Å². The Hall–Kier alpha value is -3.67. The molecule has 1 aromatic carbocycles. The van der Waals surface area contributed by atoms with Crippen LogP contribution in [0.25, 0.3) is 0 Å². The fourth-order valence-electron chi connectivity index (χ4n) is 3.57. The summed E-state index contributed by atoms with van der Waals surface area (Å²) in [5, 5.41) is 51.0. The predicted octanol–water partition coefficient (Wildman–Crippen LogP) is -2.17. The fraction of sp³-hybridized carbons (Fsp3) is 0.522. The van der Waals surface area contributed by atoms with E-state index in [2.05, 4.69) is 10.2 Å². The van der Waals surface area contributed by atoms with Crippen LogP contribution in [0.5, 0.6) is 5.75 Å². The highest BCUT2D eigenvalue weighted by Crippen LogP contribution is 2.28. The maximum absolute atomic E-state index is 13.2. The number of hydrogen-bond acceptors (Lipinski definition) is 13. The van der Waals surface area contributed by atoms with Crippen molar-refractivity contribution in [1.82, 2.24) is 5.32 Å².